The molecule has 1 aliphatic rings. The van der Waals surface area contributed by atoms with E-state index in [1.165, 1.54) is 0 Å². The van der Waals surface area contributed by atoms with E-state index in [9.17, 15) is 4.79 Å². The Hall–Kier alpha value is -3.23. The van der Waals surface area contributed by atoms with Gasteiger partial charge in [0, 0.05) is 24.5 Å². The Morgan fingerprint density at radius 2 is 1.97 bits per heavy atom. The minimum Gasteiger partial charge on any atom is -0.378 e. The normalized spacial score (nSPS) is 14.2. The van der Waals surface area contributed by atoms with Crippen molar-refractivity contribution in [2.24, 2.45) is 0 Å². The van der Waals surface area contributed by atoms with Crippen molar-refractivity contribution in [1.29, 1.82) is 0 Å². The van der Waals surface area contributed by atoms with Crippen molar-refractivity contribution in [3.05, 3.63) is 59.1 Å². The predicted octanol–water partition coefficient (Wildman–Crippen LogP) is 4.35. The highest BCUT2D eigenvalue weighted by Crippen LogP contribution is 2.30. The lowest BCUT2D eigenvalue weighted by Crippen LogP contribution is -2.36. The molecule has 1 amide bonds. The molecule has 1 fully saturated rings. The maximum atomic E-state index is 13.2. The van der Waals surface area contributed by atoms with Crippen LogP contribution in [0.5, 0.6) is 0 Å². The van der Waals surface area contributed by atoms with E-state index in [2.05, 4.69) is 20.4 Å². The molecule has 3 aromatic heterocycles. The first kappa shape index (κ1) is 18.8. The number of hydrogen-bond acceptors (Lipinski definition) is 7. The van der Waals surface area contributed by atoms with E-state index in [-0.39, 0.29) is 5.91 Å². The van der Waals surface area contributed by atoms with Gasteiger partial charge in [0.25, 0.3) is 11.6 Å². The third kappa shape index (κ3) is 3.55. The number of aromatic nitrogens is 2. The highest BCUT2D eigenvalue weighted by Gasteiger charge is 2.20. The van der Waals surface area contributed by atoms with Crippen LogP contribution in [-0.2, 0) is 4.74 Å². The number of carbonyl (C=O) groups excluding carboxylic acids is 1. The van der Waals surface area contributed by atoms with Crippen LogP contribution in [0.4, 0.5) is 11.4 Å². The molecule has 1 N–H and O–H groups in total. The molecule has 7 nitrogen and oxygen atoms in total. The van der Waals surface area contributed by atoms with Crippen LogP contribution >= 0.6 is 11.3 Å². The van der Waals surface area contributed by atoms with E-state index >= 15 is 0 Å². The maximum absolute atomic E-state index is 13.2. The van der Waals surface area contributed by atoms with Gasteiger partial charge in [-0.05, 0) is 48.7 Å². The van der Waals surface area contributed by atoms with Gasteiger partial charge in [-0.3, -0.25) is 4.79 Å². The molecule has 30 heavy (non-hydrogen) atoms. The Kier molecular flexibility index (Phi) is 4.94. The summed E-state index contributed by atoms with van der Waals surface area (Å²) in [5.41, 5.74) is 4.06. The molecule has 0 unspecified atom stereocenters. The number of fused-ring (bicyclic) bond motifs is 1. The van der Waals surface area contributed by atoms with Crippen LogP contribution in [0.3, 0.4) is 0 Å². The van der Waals surface area contributed by atoms with Crippen molar-refractivity contribution in [2.45, 2.75) is 6.92 Å². The lowest BCUT2D eigenvalue weighted by Gasteiger charge is -2.28. The van der Waals surface area contributed by atoms with Gasteiger partial charge in [0.05, 0.1) is 40.4 Å². The molecule has 5 rings (SSSR count). The lowest BCUT2D eigenvalue weighted by molar-refractivity contribution is 0.102. The molecule has 4 aromatic rings. The summed E-state index contributed by atoms with van der Waals surface area (Å²) in [7, 11) is 0. The maximum Gasteiger partial charge on any atom is 0.259 e. The van der Waals surface area contributed by atoms with Crippen molar-refractivity contribution >= 4 is 39.7 Å². The standard InChI is InChI=1S/C22H20N4O3S/c1-14-20-17(13-18(19-3-2-12-30-19)24-22(20)29-25-14)21(27)23-15-4-6-16(7-5-15)26-8-10-28-11-9-26/h2-7,12-13H,8-11H2,1H3,(H,23,27). The van der Waals surface area contributed by atoms with Crippen LogP contribution in [0.2, 0.25) is 0 Å². The van der Waals surface area contributed by atoms with E-state index < -0.39 is 0 Å². The number of hydrogen-bond donors (Lipinski definition) is 1. The molecule has 0 bridgehead atoms. The van der Waals surface area contributed by atoms with Gasteiger partial charge in [0.1, 0.15) is 0 Å². The van der Waals surface area contributed by atoms with Crippen molar-refractivity contribution in [1.82, 2.24) is 10.1 Å². The molecular formula is C22H20N4O3S. The molecule has 0 spiro atoms. The second-order valence-corrected chi connectivity index (χ2v) is 8.03. The number of rotatable bonds is 4. The Balaban J connectivity index is 1.43. The zero-order valence-electron chi connectivity index (χ0n) is 16.4. The summed E-state index contributed by atoms with van der Waals surface area (Å²) in [5, 5.41) is 9.61. The Morgan fingerprint density at radius 3 is 2.70 bits per heavy atom. The fourth-order valence-corrected chi connectivity index (χ4v) is 4.29. The van der Waals surface area contributed by atoms with E-state index in [1.807, 2.05) is 48.7 Å². The molecule has 0 radical (unpaired) electrons. The highest BCUT2D eigenvalue weighted by atomic mass is 32.1. The number of carbonyl (C=O) groups is 1. The molecule has 8 heteroatoms. The molecule has 0 saturated carbocycles. The van der Waals surface area contributed by atoms with Crippen LogP contribution < -0.4 is 10.2 Å². The number of thiophene rings is 1. The van der Waals surface area contributed by atoms with Gasteiger partial charge < -0.3 is 19.5 Å². The van der Waals surface area contributed by atoms with Gasteiger partial charge >= 0.3 is 0 Å². The van der Waals surface area contributed by atoms with Crippen LogP contribution in [-0.4, -0.2) is 42.4 Å². The van der Waals surface area contributed by atoms with Crippen LogP contribution in [0, 0.1) is 6.92 Å². The Bertz CT molecular complexity index is 1180. The summed E-state index contributed by atoms with van der Waals surface area (Å²) in [6.07, 6.45) is 0. The van der Waals surface area contributed by atoms with E-state index in [0.29, 0.717) is 28.1 Å². The summed E-state index contributed by atoms with van der Waals surface area (Å²) in [6.45, 7) is 5.03. The molecular weight excluding hydrogens is 400 g/mol. The SMILES string of the molecule is Cc1noc2nc(-c3cccs3)cc(C(=O)Nc3ccc(N4CCOCC4)cc3)c12. The average Bonchev–Trinajstić information content (AvgIpc) is 3.45. The van der Waals surface area contributed by atoms with Crippen LogP contribution in [0.15, 0.2) is 52.4 Å². The van der Waals surface area contributed by atoms with Gasteiger partial charge in [-0.2, -0.15) is 0 Å². The second kappa shape index (κ2) is 7.89. The average molecular weight is 420 g/mol. The quantitative estimate of drug-likeness (QED) is 0.529. The smallest absolute Gasteiger partial charge is 0.259 e. The number of nitrogens with one attached hydrogen (secondary N) is 1. The zero-order chi connectivity index (χ0) is 20.5. The minimum atomic E-state index is -0.217. The largest absolute Gasteiger partial charge is 0.378 e. The third-order valence-electron chi connectivity index (χ3n) is 5.14. The Labute approximate surface area is 177 Å². The number of anilines is 2. The van der Waals surface area contributed by atoms with Crippen molar-refractivity contribution in [3.8, 4) is 10.6 Å². The van der Waals surface area contributed by atoms with Crippen molar-refractivity contribution in [3.63, 3.8) is 0 Å². The molecule has 1 aromatic carbocycles. The summed E-state index contributed by atoms with van der Waals surface area (Å²) < 4.78 is 10.8. The summed E-state index contributed by atoms with van der Waals surface area (Å²) in [5.74, 6) is -0.217. The number of morpholine rings is 1. The van der Waals surface area contributed by atoms with Crippen LogP contribution in [0.1, 0.15) is 16.1 Å². The number of ether oxygens (including phenoxy) is 1. The third-order valence-corrected chi connectivity index (χ3v) is 6.03. The number of amides is 1. The topological polar surface area (TPSA) is 80.5 Å². The van der Waals surface area contributed by atoms with Crippen molar-refractivity contribution < 1.29 is 14.1 Å². The van der Waals surface area contributed by atoms with Gasteiger partial charge in [0.15, 0.2) is 0 Å². The van der Waals surface area contributed by atoms with Crippen molar-refractivity contribution in [2.75, 3.05) is 36.5 Å². The number of nitrogens with zero attached hydrogens (tertiary/aromatic N) is 3. The van der Waals surface area contributed by atoms with Gasteiger partial charge in [-0.25, -0.2) is 4.98 Å². The zero-order valence-corrected chi connectivity index (χ0v) is 17.2. The first-order valence-electron chi connectivity index (χ1n) is 9.74. The van der Waals surface area contributed by atoms with E-state index in [1.54, 1.807) is 17.4 Å². The summed E-state index contributed by atoms with van der Waals surface area (Å²) >= 11 is 1.56. The number of pyridine rings is 1. The monoisotopic (exact) mass is 420 g/mol. The molecule has 0 aliphatic carbocycles. The Morgan fingerprint density at radius 1 is 1.17 bits per heavy atom. The summed E-state index contributed by atoms with van der Waals surface area (Å²) in [4.78, 5) is 20.9. The minimum absolute atomic E-state index is 0.217. The first-order valence-corrected chi connectivity index (χ1v) is 10.6. The van der Waals surface area contributed by atoms with Gasteiger partial charge in [0.2, 0.25) is 0 Å². The summed E-state index contributed by atoms with van der Waals surface area (Å²) in [6, 6.07) is 13.6. The van der Waals surface area contributed by atoms with E-state index in [0.717, 1.165) is 42.6 Å². The number of aryl methyl sites for hydroxylation is 1. The highest BCUT2D eigenvalue weighted by molar-refractivity contribution is 7.13. The second-order valence-electron chi connectivity index (χ2n) is 7.08. The molecule has 1 saturated heterocycles. The predicted molar refractivity (Wildman–Crippen MR) is 117 cm³/mol. The van der Waals surface area contributed by atoms with Crippen LogP contribution in [0.25, 0.3) is 21.7 Å². The molecule has 1 aliphatic heterocycles. The lowest BCUT2D eigenvalue weighted by atomic mass is 10.1. The molecule has 0 atom stereocenters. The first-order chi connectivity index (χ1) is 14.7. The van der Waals surface area contributed by atoms with Gasteiger partial charge in [-0.1, -0.05) is 11.2 Å². The number of benzene rings is 1. The van der Waals surface area contributed by atoms with Gasteiger partial charge in [-0.15, -0.1) is 11.3 Å². The molecule has 152 valence electrons. The fraction of sp³-hybridized carbons (Fsp3) is 0.227. The fourth-order valence-electron chi connectivity index (χ4n) is 3.60. The molecule has 4 heterocycles. The van der Waals surface area contributed by atoms with E-state index in [4.69, 9.17) is 9.26 Å².